The minimum absolute atomic E-state index is 0.0106. The fraction of sp³-hybridized carbons (Fsp3) is 0.158. The van der Waals surface area contributed by atoms with Crippen LogP contribution >= 0.6 is 0 Å². The minimum atomic E-state index is -0.882. The SMILES string of the molecule is O=C(O)CCCC(=O)Nc1ccc(/C=C\c2ccccc2)cc1. The highest BCUT2D eigenvalue weighted by atomic mass is 16.4. The summed E-state index contributed by atoms with van der Waals surface area (Å²) in [5.74, 6) is -1.05. The molecule has 0 spiro atoms. The second-order valence-electron chi connectivity index (χ2n) is 5.16. The summed E-state index contributed by atoms with van der Waals surface area (Å²) in [5.41, 5.74) is 2.88. The maximum Gasteiger partial charge on any atom is 0.303 e. The fourth-order valence-electron chi connectivity index (χ4n) is 2.06. The van der Waals surface area contributed by atoms with Crippen molar-refractivity contribution in [2.45, 2.75) is 19.3 Å². The van der Waals surface area contributed by atoms with Gasteiger partial charge in [-0.2, -0.15) is 0 Å². The Balaban J connectivity index is 1.86. The van der Waals surface area contributed by atoms with Crippen LogP contribution in [0.5, 0.6) is 0 Å². The number of carboxylic acids is 1. The molecule has 0 heterocycles. The topological polar surface area (TPSA) is 66.4 Å². The number of carboxylic acid groups (broad SMARTS) is 1. The molecule has 0 aliphatic carbocycles. The summed E-state index contributed by atoms with van der Waals surface area (Å²) >= 11 is 0. The van der Waals surface area contributed by atoms with Crippen molar-refractivity contribution in [2.75, 3.05) is 5.32 Å². The van der Waals surface area contributed by atoms with Gasteiger partial charge in [-0.3, -0.25) is 9.59 Å². The molecule has 0 fully saturated rings. The Morgan fingerprint density at radius 3 is 2.09 bits per heavy atom. The van der Waals surface area contributed by atoms with Gasteiger partial charge in [-0.15, -0.1) is 0 Å². The predicted molar refractivity (Wildman–Crippen MR) is 91.9 cm³/mol. The highest BCUT2D eigenvalue weighted by molar-refractivity contribution is 5.91. The molecule has 4 heteroatoms. The molecule has 0 atom stereocenters. The lowest BCUT2D eigenvalue weighted by atomic mass is 10.1. The maximum absolute atomic E-state index is 11.7. The van der Waals surface area contributed by atoms with Crippen LogP contribution in [-0.4, -0.2) is 17.0 Å². The Morgan fingerprint density at radius 1 is 0.870 bits per heavy atom. The van der Waals surface area contributed by atoms with Gasteiger partial charge in [0.05, 0.1) is 0 Å². The van der Waals surface area contributed by atoms with Gasteiger partial charge in [0.2, 0.25) is 5.91 Å². The molecule has 0 unspecified atom stereocenters. The molecule has 1 amide bonds. The average Bonchev–Trinajstić information content (AvgIpc) is 2.55. The fourth-order valence-corrected chi connectivity index (χ4v) is 2.06. The number of nitrogens with one attached hydrogen (secondary N) is 1. The Hall–Kier alpha value is -2.88. The molecule has 2 aromatic rings. The van der Waals surface area contributed by atoms with Gasteiger partial charge in [0.15, 0.2) is 0 Å². The molecule has 4 nitrogen and oxygen atoms in total. The van der Waals surface area contributed by atoms with Gasteiger partial charge in [-0.05, 0) is 29.7 Å². The van der Waals surface area contributed by atoms with E-state index in [-0.39, 0.29) is 18.7 Å². The zero-order chi connectivity index (χ0) is 16.5. The number of hydrogen-bond acceptors (Lipinski definition) is 2. The molecule has 23 heavy (non-hydrogen) atoms. The van der Waals surface area contributed by atoms with E-state index in [2.05, 4.69) is 5.32 Å². The zero-order valence-electron chi connectivity index (χ0n) is 12.7. The van der Waals surface area contributed by atoms with Crippen molar-refractivity contribution < 1.29 is 14.7 Å². The number of aliphatic carboxylic acids is 1. The number of amides is 1. The standard InChI is InChI=1S/C19H19NO3/c21-18(7-4-8-19(22)23)20-17-13-11-16(12-14-17)10-9-15-5-2-1-3-6-15/h1-3,5-6,9-14H,4,7-8H2,(H,20,21)(H,22,23)/b10-9-. The quantitative estimate of drug-likeness (QED) is 0.758. The number of anilines is 1. The molecule has 0 aliphatic heterocycles. The molecule has 2 aromatic carbocycles. The van der Waals surface area contributed by atoms with E-state index < -0.39 is 5.97 Å². The van der Waals surface area contributed by atoms with Crippen molar-refractivity contribution >= 4 is 29.7 Å². The van der Waals surface area contributed by atoms with Gasteiger partial charge in [0.1, 0.15) is 0 Å². The van der Waals surface area contributed by atoms with Crippen molar-refractivity contribution in [3.8, 4) is 0 Å². The predicted octanol–water partition coefficient (Wildman–Crippen LogP) is 4.05. The van der Waals surface area contributed by atoms with E-state index in [4.69, 9.17) is 5.11 Å². The smallest absolute Gasteiger partial charge is 0.303 e. The largest absolute Gasteiger partial charge is 0.481 e. The third kappa shape index (κ3) is 6.18. The first-order valence-corrected chi connectivity index (χ1v) is 7.48. The van der Waals surface area contributed by atoms with Crippen LogP contribution in [0.2, 0.25) is 0 Å². The third-order valence-electron chi connectivity index (χ3n) is 3.26. The van der Waals surface area contributed by atoms with Crippen LogP contribution in [-0.2, 0) is 9.59 Å². The van der Waals surface area contributed by atoms with Crippen LogP contribution in [0.1, 0.15) is 30.4 Å². The molecule has 2 N–H and O–H groups in total. The average molecular weight is 309 g/mol. The van der Waals surface area contributed by atoms with Crippen LogP contribution < -0.4 is 5.32 Å². The van der Waals surface area contributed by atoms with Crippen molar-refractivity contribution in [2.24, 2.45) is 0 Å². The van der Waals surface area contributed by atoms with Crippen LogP contribution in [0.3, 0.4) is 0 Å². The second kappa shape index (κ2) is 8.54. The minimum Gasteiger partial charge on any atom is -0.481 e. The summed E-state index contributed by atoms with van der Waals surface area (Å²) in [6.07, 6.45) is 4.60. The van der Waals surface area contributed by atoms with E-state index in [1.165, 1.54) is 0 Å². The van der Waals surface area contributed by atoms with E-state index >= 15 is 0 Å². The van der Waals surface area contributed by atoms with Gasteiger partial charge in [0.25, 0.3) is 0 Å². The lowest BCUT2D eigenvalue weighted by Gasteiger charge is -2.05. The molecule has 0 aromatic heterocycles. The number of rotatable bonds is 7. The second-order valence-corrected chi connectivity index (χ2v) is 5.16. The molecule has 0 saturated carbocycles. The van der Waals surface area contributed by atoms with Crippen molar-refractivity contribution in [1.29, 1.82) is 0 Å². The molecular formula is C19H19NO3. The van der Waals surface area contributed by atoms with Crippen LogP contribution in [0.15, 0.2) is 54.6 Å². The summed E-state index contributed by atoms with van der Waals surface area (Å²) in [7, 11) is 0. The third-order valence-corrected chi connectivity index (χ3v) is 3.26. The maximum atomic E-state index is 11.7. The number of carbonyl (C=O) groups is 2. The highest BCUT2D eigenvalue weighted by Gasteiger charge is 2.04. The number of benzene rings is 2. The van der Waals surface area contributed by atoms with E-state index in [0.29, 0.717) is 12.1 Å². The van der Waals surface area contributed by atoms with Gasteiger partial charge in [-0.1, -0.05) is 54.6 Å². The monoisotopic (exact) mass is 309 g/mol. The van der Waals surface area contributed by atoms with Crippen molar-refractivity contribution in [1.82, 2.24) is 0 Å². The molecule has 2 rings (SSSR count). The van der Waals surface area contributed by atoms with Gasteiger partial charge >= 0.3 is 5.97 Å². The van der Waals surface area contributed by atoms with Crippen LogP contribution in [0.4, 0.5) is 5.69 Å². The first kappa shape index (κ1) is 16.5. The van der Waals surface area contributed by atoms with Crippen LogP contribution in [0.25, 0.3) is 12.2 Å². The number of hydrogen-bond donors (Lipinski definition) is 2. The molecular weight excluding hydrogens is 290 g/mol. The highest BCUT2D eigenvalue weighted by Crippen LogP contribution is 2.13. The van der Waals surface area contributed by atoms with Crippen LogP contribution in [0, 0.1) is 0 Å². The lowest BCUT2D eigenvalue weighted by molar-refractivity contribution is -0.137. The number of carbonyl (C=O) groups excluding carboxylic acids is 1. The molecule has 0 aliphatic rings. The Labute approximate surface area is 135 Å². The zero-order valence-corrected chi connectivity index (χ0v) is 12.7. The van der Waals surface area contributed by atoms with Crippen molar-refractivity contribution in [3.05, 3.63) is 65.7 Å². The van der Waals surface area contributed by atoms with Gasteiger partial charge < -0.3 is 10.4 Å². The summed E-state index contributed by atoms with van der Waals surface area (Å²) in [4.78, 5) is 22.1. The molecule has 0 saturated heterocycles. The Bertz CT molecular complexity index is 676. The van der Waals surface area contributed by atoms with E-state index in [1.807, 2.05) is 66.7 Å². The van der Waals surface area contributed by atoms with Gasteiger partial charge in [0, 0.05) is 18.5 Å². The molecule has 0 bridgehead atoms. The van der Waals surface area contributed by atoms with Crippen molar-refractivity contribution in [3.63, 3.8) is 0 Å². The van der Waals surface area contributed by atoms with Gasteiger partial charge in [-0.25, -0.2) is 0 Å². The summed E-state index contributed by atoms with van der Waals surface area (Å²) < 4.78 is 0. The van der Waals surface area contributed by atoms with E-state index in [1.54, 1.807) is 0 Å². The first-order valence-electron chi connectivity index (χ1n) is 7.48. The summed E-state index contributed by atoms with van der Waals surface area (Å²) in [5, 5.41) is 11.3. The Kier molecular flexibility index (Phi) is 6.12. The Morgan fingerprint density at radius 2 is 1.48 bits per heavy atom. The summed E-state index contributed by atoms with van der Waals surface area (Å²) in [6, 6.07) is 17.5. The van der Waals surface area contributed by atoms with E-state index in [0.717, 1.165) is 11.1 Å². The summed E-state index contributed by atoms with van der Waals surface area (Å²) in [6.45, 7) is 0. The molecule has 0 radical (unpaired) electrons. The molecule has 118 valence electrons. The normalized spacial score (nSPS) is 10.6. The first-order chi connectivity index (χ1) is 11.1. The van der Waals surface area contributed by atoms with E-state index in [9.17, 15) is 9.59 Å². The lowest BCUT2D eigenvalue weighted by Crippen LogP contribution is -2.11.